The maximum Gasteiger partial charge on any atom is 0.312 e. The average Bonchev–Trinajstić information content (AvgIpc) is 2.39. The van der Waals surface area contributed by atoms with Gasteiger partial charge in [-0.3, -0.25) is 4.79 Å². The molecular formula is C6H8O2. The summed E-state index contributed by atoms with van der Waals surface area (Å²) in [6.07, 6.45) is 3.13. The van der Waals surface area contributed by atoms with Gasteiger partial charge in [0.1, 0.15) is 0 Å². The van der Waals surface area contributed by atoms with Crippen LogP contribution in [0.25, 0.3) is 0 Å². The second kappa shape index (κ2) is 1.07. The summed E-state index contributed by atoms with van der Waals surface area (Å²) in [5.74, 6) is 0.0532. The fourth-order valence-electron chi connectivity index (χ4n) is 1.20. The van der Waals surface area contributed by atoms with E-state index in [4.69, 9.17) is 4.74 Å². The van der Waals surface area contributed by atoms with Gasteiger partial charge in [0, 0.05) is 0 Å². The molecule has 0 N–H and O–H groups in total. The molecule has 0 unspecified atom stereocenters. The lowest BCUT2D eigenvalue weighted by atomic mass is 10.1. The minimum absolute atomic E-state index is 0.0417. The molecule has 1 heterocycles. The van der Waals surface area contributed by atoms with E-state index in [1.807, 2.05) is 0 Å². The van der Waals surface area contributed by atoms with Crippen LogP contribution in [0.4, 0.5) is 0 Å². The van der Waals surface area contributed by atoms with Crippen molar-refractivity contribution in [1.82, 2.24) is 0 Å². The Labute approximate surface area is 47.8 Å². The zero-order chi connectivity index (χ0) is 5.61. The topological polar surface area (TPSA) is 26.3 Å². The zero-order valence-corrected chi connectivity index (χ0v) is 4.64. The van der Waals surface area contributed by atoms with E-state index in [2.05, 4.69) is 0 Å². The average molecular weight is 112 g/mol. The molecule has 1 saturated heterocycles. The van der Waals surface area contributed by atoms with Crippen LogP contribution in [0, 0.1) is 5.41 Å². The molecule has 1 aliphatic carbocycles. The van der Waals surface area contributed by atoms with Crippen molar-refractivity contribution in [1.29, 1.82) is 0 Å². The van der Waals surface area contributed by atoms with E-state index in [0.717, 1.165) is 19.3 Å². The lowest BCUT2D eigenvalue weighted by Crippen LogP contribution is -2.06. The van der Waals surface area contributed by atoms with E-state index in [1.54, 1.807) is 0 Å². The van der Waals surface area contributed by atoms with Gasteiger partial charge in [-0.25, -0.2) is 0 Å². The van der Waals surface area contributed by atoms with Crippen molar-refractivity contribution in [3.8, 4) is 0 Å². The molecule has 8 heavy (non-hydrogen) atoms. The van der Waals surface area contributed by atoms with Crippen molar-refractivity contribution in [2.75, 3.05) is 6.61 Å². The van der Waals surface area contributed by atoms with Crippen LogP contribution in [0.2, 0.25) is 0 Å². The Balaban J connectivity index is 2.23. The quantitative estimate of drug-likeness (QED) is 0.431. The monoisotopic (exact) mass is 112 g/mol. The highest BCUT2D eigenvalue weighted by Gasteiger charge is 2.54. The molecule has 1 saturated carbocycles. The van der Waals surface area contributed by atoms with Gasteiger partial charge in [0.05, 0.1) is 12.0 Å². The van der Waals surface area contributed by atoms with E-state index in [1.165, 1.54) is 0 Å². The van der Waals surface area contributed by atoms with Crippen LogP contribution in [0.15, 0.2) is 0 Å². The van der Waals surface area contributed by atoms with Gasteiger partial charge in [-0.2, -0.15) is 0 Å². The smallest absolute Gasteiger partial charge is 0.312 e. The minimum atomic E-state index is 0.0417. The van der Waals surface area contributed by atoms with Crippen LogP contribution in [0.1, 0.15) is 19.3 Å². The number of rotatable bonds is 0. The molecule has 0 aromatic carbocycles. The summed E-state index contributed by atoms with van der Waals surface area (Å²) in [7, 11) is 0. The standard InChI is InChI=1S/C6H8O2/c7-5-6(1-2-6)3-4-8-5/h1-4H2. The third-order valence-corrected chi connectivity index (χ3v) is 2.10. The first-order valence-corrected chi connectivity index (χ1v) is 3.01. The van der Waals surface area contributed by atoms with Gasteiger partial charge in [0.2, 0.25) is 0 Å². The Morgan fingerprint density at radius 3 is 2.38 bits per heavy atom. The minimum Gasteiger partial charge on any atom is -0.465 e. The molecule has 2 aliphatic rings. The van der Waals surface area contributed by atoms with E-state index in [0.29, 0.717) is 6.61 Å². The summed E-state index contributed by atoms with van der Waals surface area (Å²) in [5.41, 5.74) is 0.0417. The number of hydrogen-bond donors (Lipinski definition) is 0. The summed E-state index contributed by atoms with van der Waals surface area (Å²) < 4.78 is 4.79. The molecule has 2 fully saturated rings. The second-order valence-electron chi connectivity index (χ2n) is 2.67. The Bertz CT molecular complexity index is 135. The molecule has 0 aromatic heterocycles. The largest absolute Gasteiger partial charge is 0.465 e. The summed E-state index contributed by atoms with van der Waals surface area (Å²) >= 11 is 0. The fraction of sp³-hybridized carbons (Fsp3) is 0.833. The Kier molecular flexibility index (Phi) is 0.581. The van der Waals surface area contributed by atoms with Crippen molar-refractivity contribution in [2.45, 2.75) is 19.3 Å². The number of hydrogen-bond acceptors (Lipinski definition) is 2. The van der Waals surface area contributed by atoms with E-state index >= 15 is 0 Å². The highest BCUT2D eigenvalue weighted by Crippen LogP contribution is 2.52. The number of carbonyl (C=O) groups is 1. The lowest BCUT2D eigenvalue weighted by Gasteiger charge is -1.93. The van der Waals surface area contributed by atoms with Gasteiger partial charge in [-0.1, -0.05) is 0 Å². The predicted octanol–water partition coefficient (Wildman–Crippen LogP) is 0.714. The van der Waals surface area contributed by atoms with Crippen molar-refractivity contribution in [3.63, 3.8) is 0 Å². The molecule has 0 amide bonds. The Hall–Kier alpha value is -0.530. The van der Waals surface area contributed by atoms with Gasteiger partial charge in [-0.05, 0) is 19.3 Å². The molecule has 44 valence electrons. The van der Waals surface area contributed by atoms with Gasteiger partial charge in [-0.15, -0.1) is 0 Å². The molecule has 2 rings (SSSR count). The van der Waals surface area contributed by atoms with E-state index in [-0.39, 0.29) is 11.4 Å². The molecule has 0 bridgehead atoms. The van der Waals surface area contributed by atoms with Crippen LogP contribution in [-0.2, 0) is 9.53 Å². The van der Waals surface area contributed by atoms with Crippen LogP contribution in [-0.4, -0.2) is 12.6 Å². The number of cyclic esters (lactones) is 1. The zero-order valence-electron chi connectivity index (χ0n) is 4.64. The molecule has 1 aliphatic heterocycles. The Morgan fingerprint density at radius 1 is 1.38 bits per heavy atom. The first-order valence-electron chi connectivity index (χ1n) is 3.01. The fourth-order valence-corrected chi connectivity index (χ4v) is 1.20. The van der Waals surface area contributed by atoms with Crippen LogP contribution in [0.5, 0.6) is 0 Å². The summed E-state index contributed by atoms with van der Waals surface area (Å²) in [4.78, 5) is 10.7. The van der Waals surface area contributed by atoms with Gasteiger partial charge in [0.25, 0.3) is 0 Å². The molecule has 2 nitrogen and oxygen atoms in total. The van der Waals surface area contributed by atoms with Crippen molar-refractivity contribution < 1.29 is 9.53 Å². The Morgan fingerprint density at radius 2 is 2.12 bits per heavy atom. The third-order valence-electron chi connectivity index (χ3n) is 2.10. The van der Waals surface area contributed by atoms with Crippen molar-refractivity contribution in [3.05, 3.63) is 0 Å². The predicted molar refractivity (Wildman–Crippen MR) is 27.2 cm³/mol. The van der Waals surface area contributed by atoms with Crippen LogP contribution >= 0.6 is 0 Å². The number of carbonyl (C=O) groups excluding carboxylic acids is 1. The molecule has 0 aromatic rings. The molecule has 0 radical (unpaired) electrons. The van der Waals surface area contributed by atoms with Crippen molar-refractivity contribution >= 4 is 5.97 Å². The first-order chi connectivity index (χ1) is 3.83. The normalized spacial score (nSPS) is 30.8. The summed E-state index contributed by atoms with van der Waals surface area (Å²) in [6.45, 7) is 0.666. The maximum atomic E-state index is 10.7. The van der Waals surface area contributed by atoms with Crippen molar-refractivity contribution in [2.24, 2.45) is 5.41 Å². The molecular weight excluding hydrogens is 104 g/mol. The molecule has 0 atom stereocenters. The highest BCUT2D eigenvalue weighted by atomic mass is 16.5. The van der Waals surface area contributed by atoms with Crippen LogP contribution < -0.4 is 0 Å². The second-order valence-corrected chi connectivity index (χ2v) is 2.67. The SMILES string of the molecule is O=C1OCCC12CC2. The molecule has 1 spiro atoms. The number of ether oxygens (including phenoxy) is 1. The molecule has 2 heteroatoms. The first kappa shape index (κ1) is 4.36. The van der Waals surface area contributed by atoms with Gasteiger partial charge >= 0.3 is 5.97 Å². The summed E-state index contributed by atoms with van der Waals surface area (Å²) in [6, 6.07) is 0. The lowest BCUT2D eigenvalue weighted by molar-refractivity contribution is -0.142. The highest BCUT2D eigenvalue weighted by molar-refractivity contribution is 5.81. The van der Waals surface area contributed by atoms with E-state index < -0.39 is 0 Å². The van der Waals surface area contributed by atoms with Crippen LogP contribution in [0.3, 0.4) is 0 Å². The summed E-state index contributed by atoms with van der Waals surface area (Å²) in [5, 5.41) is 0. The van der Waals surface area contributed by atoms with Gasteiger partial charge < -0.3 is 4.74 Å². The third kappa shape index (κ3) is 0.358. The van der Waals surface area contributed by atoms with Gasteiger partial charge in [0.15, 0.2) is 0 Å². The maximum absolute atomic E-state index is 10.7. The number of esters is 1. The van der Waals surface area contributed by atoms with E-state index in [9.17, 15) is 4.79 Å².